The topological polar surface area (TPSA) is 6.48 Å². The van der Waals surface area contributed by atoms with E-state index in [2.05, 4.69) is 86.5 Å². The van der Waals surface area contributed by atoms with E-state index >= 15 is 0 Å². The molecule has 0 bridgehead atoms. The smallest absolute Gasteiger partial charge is 0.0434 e. The molecule has 4 rings (SSSR count). The zero-order valence-corrected chi connectivity index (χ0v) is 16.2. The van der Waals surface area contributed by atoms with Gasteiger partial charge in [0.05, 0.1) is 0 Å². The minimum atomic E-state index is 0.965. The maximum absolute atomic E-state index is 2.40. The second-order valence-corrected chi connectivity index (χ2v) is 8.42. The second-order valence-electron chi connectivity index (χ2n) is 7.37. The minimum Gasteiger partial charge on any atom is -0.305 e. The van der Waals surface area contributed by atoms with Crippen molar-refractivity contribution < 1.29 is 0 Å². The van der Waals surface area contributed by atoms with Crippen LogP contribution in [0.2, 0.25) is 0 Å². The molecule has 0 amide bonds. The highest BCUT2D eigenvalue weighted by atomic mass is 32.1. The van der Waals surface area contributed by atoms with Crippen LogP contribution in [0.1, 0.15) is 11.1 Å². The van der Waals surface area contributed by atoms with Gasteiger partial charge in [0.15, 0.2) is 0 Å². The van der Waals surface area contributed by atoms with Gasteiger partial charge in [0.2, 0.25) is 0 Å². The van der Waals surface area contributed by atoms with Gasteiger partial charge in [-0.3, -0.25) is 0 Å². The van der Waals surface area contributed by atoms with Gasteiger partial charge in [0.1, 0.15) is 0 Å². The summed E-state index contributed by atoms with van der Waals surface area (Å²) in [5, 5.41) is 5.54. The van der Waals surface area contributed by atoms with Gasteiger partial charge in [0, 0.05) is 33.3 Å². The molecule has 0 saturated heterocycles. The molecule has 3 aromatic carbocycles. The first-order valence-electron chi connectivity index (χ1n) is 8.68. The first kappa shape index (κ1) is 16.5. The highest BCUT2D eigenvalue weighted by molar-refractivity contribution is 7.26. The summed E-state index contributed by atoms with van der Waals surface area (Å²) in [4.78, 5) is 4.47. The molecule has 1 heterocycles. The maximum atomic E-state index is 2.40. The van der Waals surface area contributed by atoms with E-state index < -0.39 is 0 Å². The Kier molecular flexibility index (Phi) is 4.24. The molecule has 128 valence electrons. The van der Waals surface area contributed by atoms with Crippen molar-refractivity contribution in [2.45, 2.75) is 13.1 Å². The monoisotopic (exact) mass is 348 g/mol. The quantitative estimate of drug-likeness (QED) is 0.492. The third kappa shape index (κ3) is 3.04. The Hall–Kier alpha value is -1.94. The summed E-state index contributed by atoms with van der Waals surface area (Å²) in [6.45, 7) is 1.95. The molecule has 0 aliphatic heterocycles. The minimum absolute atomic E-state index is 0.965. The number of fused-ring (bicyclic) bond motifs is 5. The number of hydrogen-bond acceptors (Lipinski definition) is 3. The Balaban J connectivity index is 2.01. The first-order chi connectivity index (χ1) is 12.0. The van der Waals surface area contributed by atoms with E-state index in [-0.39, 0.29) is 0 Å². The van der Waals surface area contributed by atoms with Crippen molar-refractivity contribution in [3.8, 4) is 0 Å². The number of hydrogen-bond donors (Lipinski definition) is 0. The number of rotatable bonds is 4. The summed E-state index contributed by atoms with van der Waals surface area (Å²) < 4.78 is 2.80. The molecular weight excluding hydrogens is 324 g/mol. The van der Waals surface area contributed by atoms with Crippen LogP contribution in [-0.4, -0.2) is 38.0 Å². The zero-order valence-electron chi connectivity index (χ0n) is 15.3. The van der Waals surface area contributed by atoms with Gasteiger partial charge in [-0.05, 0) is 62.2 Å². The Bertz CT molecular complexity index is 1060. The van der Waals surface area contributed by atoms with E-state index in [0.717, 1.165) is 13.1 Å². The van der Waals surface area contributed by atoms with Gasteiger partial charge in [-0.2, -0.15) is 0 Å². The van der Waals surface area contributed by atoms with Crippen molar-refractivity contribution in [1.82, 2.24) is 9.80 Å². The fourth-order valence-electron chi connectivity index (χ4n) is 3.65. The van der Waals surface area contributed by atoms with Crippen LogP contribution in [0, 0.1) is 0 Å². The predicted molar refractivity (Wildman–Crippen MR) is 112 cm³/mol. The lowest BCUT2D eigenvalue weighted by molar-refractivity contribution is 0.403. The van der Waals surface area contributed by atoms with Crippen molar-refractivity contribution in [1.29, 1.82) is 0 Å². The zero-order chi connectivity index (χ0) is 17.6. The predicted octanol–water partition coefficient (Wildman–Crippen LogP) is 5.33. The van der Waals surface area contributed by atoms with E-state index in [1.165, 1.54) is 42.1 Å². The van der Waals surface area contributed by atoms with Gasteiger partial charge >= 0.3 is 0 Å². The van der Waals surface area contributed by atoms with Crippen molar-refractivity contribution in [3.63, 3.8) is 0 Å². The number of thiophene rings is 1. The molecule has 0 unspecified atom stereocenters. The van der Waals surface area contributed by atoms with E-state index in [9.17, 15) is 0 Å². The van der Waals surface area contributed by atoms with Crippen LogP contribution >= 0.6 is 11.3 Å². The third-order valence-corrected chi connectivity index (χ3v) is 5.82. The summed E-state index contributed by atoms with van der Waals surface area (Å²) in [6.07, 6.45) is 0. The average molecular weight is 349 g/mol. The summed E-state index contributed by atoms with van der Waals surface area (Å²) >= 11 is 1.93. The van der Waals surface area contributed by atoms with Crippen LogP contribution in [0.5, 0.6) is 0 Å². The lowest BCUT2D eigenvalue weighted by Gasteiger charge is -2.13. The largest absolute Gasteiger partial charge is 0.305 e. The summed E-state index contributed by atoms with van der Waals surface area (Å²) in [6, 6.07) is 18.2. The fraction of sp³-hybridized carbons (Fsp3) is 0.273. The van der Waals surface area contributed by atoms with Gasteiger partial charge in [-0.15, -0.1) is 11.3 Å². The number of benzene rings is 3. The van der Waals surface area contributed by atoms with Gasteiger partial charge in [0.25, 0.3) is 0 Å². The Morgan fingerprint density at radius 1 is 0.720 bits per heavy atom. The van der Waals surface area contributed by atoms with Crippen molar-refractivity contribution in [2.75, 3.05) is 28.2 Å². The van der Waals surface area contributed by atoms with Crippen LogP contribution < -0.4 is 0 Å². The third-order valence-electron chi connectivity index (χ3n) is 4.61. The van der Waals surface area contributed by atoms with Crippen LogP contribution in [-0.2, 0) is 13.1 Å². The van der Waals surface area contributed by atoms with Crippen molar-refractivity contribution >= 4 is 42.3 Å². The van der Waals surface area contributed by atoms with Gasteiger partial charge in [-0.25, -0.2) is 0 Å². The molecule has 4 aromatic rings. The molecule has 0 atom stereocenters. The molecule has 1 aromatic heterocycles. The molecule has 0 N–H and O–H groups in total. The lowest BCUT2D eigenvalue weighted by Crippen LogP contribution is -2.10. The van der Waals surface area contributed by atoms with Crippen LogP contribution in [0.3, 0.4) is 0 Å². The average Bonchev–Trinajstić information content (AvgIpc) is 2.92. The highest BCUT2D eigenvalue weighted by Crippen LogP contribution is 2.40. The molecule has 0 saturated carbocycles. The SMILES string of the molecule is CN(C)Cc1ccc2c(c1)sc1c3ccccc3c(CN(C)C)cc21. The second kappa shape index (κ2) is 6.41. The molecule has 25 heavy (non-hydrogen) atoms. The Labute approximate surface area is 153 Å². The first-order valence-corrected chi connectivity index (χ1v) is 9.50. The fourth-order valence-corrected chi connectivity index (χ4v) is 4.94. The van der Waals surface area contributed by atoms with E-state index in [1.807, 2.05) is 11.3 Å². The highest BCUT2D eigenvalue weighted by Gasteiger charge is 2.13. The summed E-state index contributed by atoms with van der Waals surface area (Å²) in [7, 11) is 8.52. The Morgan fingerprint density at radius 2 is 1.44 bits per heavy atom. The standard InChI is InChI=1S/C22H24N2S/c1-23(2)13-15-9-10-18-20-12-16(14-24(3)4)17-7-5-6-8-19(17)22(20)25-21(18)11-15/h5-12H,13-14H2,1-4H3. The summed E-state index contributed by atoms with van der Waals surface area (Å²) in [5.41, 5.74) is 2.78. The molecule has 3 heteroatoms. The lowest BCUT2D eigenvalue weighted by atomic mass is 10.00. The van der Waals surface area contributed by atoms with Crippen molar-refractivity contribution in [2.24, 2.45) is 0 Å². The molecule has 0 aliphatic carbocycles. The normalized spacial score (nSPS) is 12.2. The van der Waals surface area contributed by atoms with Gasteiger partial charge < -0.3 is 9.80 Å². The summed E-state index contributed by atoms with van der Waals surface area (Å²) in [5.74, 6) is 0. The van der Waals surface area contributed by atoms with Crippen molar-refractivity contribution in [3.05, 3.63) is 59.7 Å². The molecule has 0 fully saturated rings. The van der Waals surface area contributed by atoms with E-state index in [1.54, 1.807) is 0 Å². The Morgan fingerprint density at radius 3 is 2.16 bits per heavy atom. The molecule has 0 spiro atoms. The maximum Gasteiger partial charge on any atom is 0.0434 e. The van der Waals surface area contributed by atoms with Gasteiger partial charge in [-0.1, -0.05) is 36.4 Å². The molecular formula is C22H24N2S. The van der Waals surface area contributed by atoms with E-state index in [0.29, 0.717) is 0 Å². The van der Waals surface area contributed by atoms with Crippen LogP contribution in [0.15, 0.2) is 48.5 Å². The molecule has 0 aliphatic rings. The van der Waals surface area contributed by atoms with Crippen LogP contribution in [0.4, 0.5) is 0 Å². The van der Waals surface area contributed by atoms with Crippen LogP contribution in [0.25, 0.3) is 30.9 Å². The van der Waals surface area contributed by atoms with E-state index in [4.69, 9.17) is 0 Å². The molecule has 2 nitrogen and oxygen atoms in total. The molecule has 0 radical (unpaired) electrons. The number of nitrogens with zero attached hydrogens (tertiary/aromatic N) is 2.